The Labute approximate surface area is 174 Å². The fourth-order valence-electron chi connectivity index (χ4n) is 3.76. The van der Waals surface area contributed by atoms with Gasteiger partial charge >= 0.3 is 6.01 Å². The van der Waals surface area contributed by atoms with Crippen molar-refractivity contribution in [1.82, 2.24) is 10.1 Å². The van der Waals surface area contributed by atoms with E-state index in [1.54, 1.807) is 6.07 Å². The third kappa shape index (κ3) is 3.37. The van der Waals surface area contributed by atoms with E-state index in [0.717, 1.165) is 27.8 Å². The average molecular weight is 399 g/mol. The van der Waals surface area contributed by atoms with E-state index in [9.17, 15) is 5.11 Å². The molecule has 1 aliphatic heterocycles. The number of phenols is 1. The summed E-state index contributed by atoms with van der Waals surface area (Å²) in [5, 5.41) is 14.8. The molecule has 150 valence electrons. The lowest BCUT2D eigenvalue weighted by molar-refractivity contribution is 0.309. The molecular formula is C24H21N3O3. The topological polar surface area (TPSA) is 71.6 Å². The van der Waals surface area contributed by atoms with Crippen LogP contribution in [0.25, 0.3) is 22.5 Å². The van der Waals surface area contributed by atoms with Crippen LogP contribution in [0.5, 0.6) is 11.5 Å². The van der Waals surface area contributed by atoms with Crippen LogP contribution < -0.4 is 9.64 Å². The van der Waals surface area contributed by atoms with Crippen molar-refractivity contribution in [2.75, 3.05) is 18.1 Å². The maximum absolute atomic E-state index is 10.6. The van der Waals surface area contributed by atoms with Crippen LogP contribution in [-0.4, -0.2) is 28.4 Å². The molecule has 2 heterocycles. The molecular weight excluding hydrogens is 378 g/mol. The van der Waals surface area contributed by atoms with Gasteiger partial charge in [0.2, 0.25) is 5.82 Å². The zero-order valence-corrected chi connectivity index (χ0v) is 16.6. The van der Waals surface area contributed by atoms with Crippen molar-refractivity contribution in [2.24, 2.45) is 0 Å². The summed E-state index contributed by atoms with van der Waals surface area (Å²) >= 11 is 0. The predicted molar refractivity (Wildman–Crippen MR) is 115 cm³/mol. The van der Waals surface area contributed by atoms with Gasteiger partial charge in [0.15, 0.2) is 11.5 Å². The van der Waals surface area contributed by atoms with Crippen LogP contribution in [0.1, 0.15) is 11.1 Å². The number of aryl methyl sites for hydroxylation is 1. The number of anilines is 1. The molecule has 0 spiro atoms. The second-order valence-corrected chi connectivity index (χ2v) is 7.34. The van der Waals surface area contributed by atoms with Gasteiger partial charge in [0, 0.05) is 11.1 Å². The zero-order chi connectivity index (χ0) is 20.5. The highest BCUT2D eigenvalue weighted by Crippen LogP contribution is 2.39. The normalized spacial score (nSPS) is 13.4. The summed E-state index contributed by atoms with van der Waals surface area (Å²) in [5.41, 5.74) is 4.96. The largest absolute Gasteiger partial charge is 0.504 e. The zero-order valence-electron chi connectivity index (χ0n) is 16.6. The summed E-state index contributed by atoms with van der Waals surface area (Å²) in [5.74, 6) is 1.20. The molecule has 0 amide bonds. The Bertz CT molecular complexity index is 1190. The van der Waals surface area contributed by atoms with Gasteiger partial charge in [-0.05, 0) is 35.7 Å². The summed E-state index contributed by atoms with van der Waals surface area (Å²) in [6, 6.07) is 22.1. The Morgan fingerprint density at radius 1 is 0.967 bits per heavy atom. The number of hydrogen-bond acceptors (Lipinski definition) is 6. The van der Waals surface area contributed by atoms with Crippen LogP contribution in [0, 0.1) is 6.92 Å². The van der Waals surface area contributed by atoms with E-state index in [2.05, 4.69) is 35.3 Å². The number of rotatable bonds is 3. The number of hydrogen-bond donors (Lipinski definition) is 1. The van der Waals surface area contributed by atoms with Crippen molar-refractivity contribution in [3.05, 3.63) is 77.9 Å². The van der Waals surface area contributed by atoms with Crippen molar-refractivity contribution < 1.29 is 14.4 Å². The minimum absolute atomic E-state index is 0.142. The molecule has 0 aliphatic carbocycles. The lowest BCUT2D eigenvalue weighted by atomic mass is 9.98. The number of benzene rings is 3. The van der Waals surface area contributed by atoms with Gasteiger partial charge < -0.3 is 19.3 Å². The lowest BCUT2D eigenvalue weighted by Crippen LogP contribution is -2.25. The molecule has 1 N–H and O–H groups in total. The fourth-order valence-corrected chi connectivity index (χ4v) is 3.76. The molecule has 0 saturated carbocycles. The third-order valence-electron chi connectivity index (χ3n) is 5.29. The average Bonchev–Trinajstić information content (AvgIpc) is 3.15. The smallest absolute Gasteiger partial charge is 0.324 e. The molecule has 6 nitrogen and oxygen atoms in total. The molecule has 0 atom stereocenters. The van der Waals surface area contributed by atoms with Crippen LogP contribution in [0.2, 0.25) is 0 Å². The highest BCUT2D eigenvalue weighted by atomic mass is 16.5. The van der Waals surface area contributed by atoms with Crippen LogP contribution in [0.3, 0.4) is 0 Å². The van der Waals surface area contributed by atoms with Gasteiger partial charge in [0.25, 0.3) is 0 Å². The van der Waals surface area contributed by atoms with Gasteiger partial charge in [0.1, 0.15) is 6.61 Å². The standard InChI is InChI=1S/C24H21N3O3/c1-16-7-5-6-10-20(16)18-13-19-15-27(11-12-29-22(19)21(28)14-18)24-25-23(26-30-24)17-8-3-2-4-9-17/h2-10,13-14,28H,11-12,15H2,1H3. The fraction of sp³-hybridized carbons (Fsp3) is 0.167. The highest BCUT2D eigenvalue weighted by molar-refractivity contribution is 5.72. The maximum Gasteiger partial charge on any atom is 0.324 e. The van der Waals surface area contributed by atoms with E-state index in [0.29, 0.717) is 37.3 Å². The van der Waals surface area contributed by atoms with Gasteiger partial charge in [-0.3, -0.25) is 0 Å². The van der Waals surface area contributed by atoms with Gasteiger partial charge in [-0.2, -0.15) is 4.98 Å². The van der Waals surface area contributed by atoms with E-state index in [-0.39, 0.29) is 5.75 Å². The van der Waals surface area contributed by atoms with Crippen LogP contribution in [0.4, 0.5) is 6.01 Å². The van der Waals surface area contributed by atoms with Crippen molar-refractivity contribution in [3.63, 3.8) is 0 Å². The second kappa shape index (κ2) is 7.55. The maximum atomic E-state index is 10.6. The molecule has 0 unspecified atom stereocenters. The second-order valence-electron chi connectivity index (χ2n) is 7.34. The van der Waals surface area contributed by atoms with E-state index < -0.39 is 0 Å². The van der Waals surface area contributed by atoms with E-state index in [1.165, 1.54) is 0 Å². The first kappa shape index (κ1) is 18.2. The SMILES string of the molecule is Cc1ccccc1-c1cc(O)c2c(c1)CN(c1nc(-c3ccccc3)no1)CCO2. The van der Waals surface area contributed by atoms with Gasteiger partial charge in [0.05, 0.1) is 13.1 Å². The number of phenolic OH excluding ortho intramolecular Hbond substituents is 1. The van der Waals surface area contributed by atoms with Crippen LogP contribution >= 0.6 is 0 Å². The molecule has 0 saturated heterocycles. The van der Waals surface area contributed by atoms with Crippen molar-refractivity contribution in [3.8, 4) is 34.0 Å². The number of nitrogens with zero attached hydrogens (tertiary/aromatic N) is 3. The summed E-state index contributed by atoms with van der Waals surface area (Å²) in [4.78, 5) is 6.54. The summed E-state index contributed by atoms with van der Waals surface area (Å²) in [6.45, 7) is 3.54. The first-order valence-electron chi connectivity index (χ1n) is 9.88. The van der Waals surface area contributed by atoms with Gasteiger partial charge in [-0.1, -0.05) is 59.8 Å². The molecule has 0 fully saturated rings. The summed E-state index contributed by atoms with van der Waals surface area (Å²) in [7, 11) is 0. The quantitative estimate of drug-likeness (QED) is 0.533. The monoisotopic (exact) mass is 399 g/mol. The summed E-state index contributed by atoms with van der Waals surface area (Å²) in [6.07, 6.45) is 0. The van der Waals surface area contributed by atoms with Crippen molar-refractivity contribution in [1.29, 1.82) is 0 Å². The molecule has 5 rings (SSSR count). The Balaban J connectivity index is 1.49. The molecule has 1 aliphatic rings. The van der Waals surface area contributed by atoms with Crippen LogP contribution in [-0.2, 0) is 6.54 Å². The van der Waals surface area contributed by atoms with Gasteiger partial charge in [-0.25, -0.2) is 0 Å². The van der Waals surface area contributed by atoms with E-state index in [1.807, 2.05) is 47.4 Å². The summed E-state index contributed by atoms with van der Waals surface area (Å²) < 4.78 is 11.4. The molecule has 1 aromatic heterocycles. The molecule has 4 aromatic rings. The number of aromatic hydroxyl groups is 1. The minimum Gasteiger partial charge on any atom is -0.504 e. The Kier molecular flexibility index (Phi) is 4.59. The van der Waals surface area contributed by atoms with Crippen molar-refractivity contribution >= 4 is 6.01 Å². The number of aromatic nitrogens is 2. The number of fused-ring (bicyclic) bond motifs is 1. The molecule has 0 radical (unpaired) electrons. The minimum atomic E-state index is 0.142. The Morgan fingerprint density at radius 2 is 1.77 bits per heavy atom. The Hall–Kier alpha value is -3.80. The third-order valence-corrected chi connectivity index (χ3v) is 5.29. The van der Waals surface area contributed by atoms with Crippen molar-refractivity contribution in [2.45, 2.75) is 13.5 Å². The first-order valence-corrected chi connectivity index (χ1v) is 9.88. The molecule has 0 bridgehead atoms. The van der Waals surface area contributed by atoms with Gasteiger partial charge in [-0.15, -0.1) is 0 Å². The van der Waals surface area contributed by atoms with Crippen LogP contribution in [0.15, 0.2) is 71.3 Å². The number of ether oxygens (including phenoxy) is 1. The molecule has 6 heteroatoms. The predicted octanol–water partition coefficient (Wildman–Crippen LogP) is 4.82. The highest BCUT2D eigenvalue weighted by Gasteiger charge is 2.23. The van der Waals surface area contributed by atoms with E-state index in [4.69, 9.17) is 9.26 Å². The lowest BCUT2D eigenvalue weighted by Gasteiger charge is -2.17. The van der Waals surface area contributed by atoms with E-state index >= 15 is 0 Å². The molecule has 3 aromatic carbocycles. The first-order chi connectivity index (χ1) is 14.7. The molecule has 30 heavy (non-hydrogen) atoms. The Morgan fingerprint density at radius 3 is 2.60 bits per heavy atom.